The molecule has 3 rings (SSSR count). The van der Waals surface area contributed by atoms with E-state index < -0.39 is 0 Å². The molecule has 1 aromatic heterocycles. The fraction of sp³-hybridized carbons (Fsp3) is 0.429. The number of carbonyl (C=O) groups is 1. The normalized spacial score (nSPS) is 14.7. The minimum absolute atomic E-state index is 0.161. The Morgan fingerprint density at radius 3 is 2.61 bits per heavy atom. The molecule has 0 bridgehead atoms. The smallest absolute Gasteiger partial charge is 0.253 e. The Kier molecular flexibility index (Phi) is 6.57. The molecule has 0 atom stereocenters. The van der Waals surface area contributed by atoms with Crippen LogP contribution in [-0.2, 0) is 11.3 Å². The first-order valence-corrected chi connectivity index (χ1v) is 10.3. The van der Waals surface area contributed by atoms with E-state index in [2.05, 4.69) is 31.5 Å². The van der Waals surface area contributed by atoms with Crippen molar-refractivity contribution in [2.24, 2.45) is 0 Å². The Hall–Kier alpha value is -2.12. The van der Waals surface area contributed by atoms with Gasteiger partial charge in [0.15, 0.2) is 0 Å². The average Bonchev–Trinajstić information content (AvgIpc) is 2.64. The molecule has 0 unspecified atom stereocenters. The second-order valence-electron chi connectivity index (χ2n) is 7.28. The van der Waals surface area contributed by atoms with Crippen molar-refractivity contribution >= 4 is 27.5 Å². The van der Waals surface area contributed by atoms with Gasteiger partial charge in [0.2, 0.25) is 0 Å². The second kappa shape index (κ2) is 8.92. The summed E-state index contributed by atoms with van der Waals surface area (Å²) in [6.45, 7) is 7.35. The summed E-state index contributed by atoms with van der Waals surface area (Å²) in [5.41, 5.74) is 4.51. The third kappa shape index (κ3) is 4.83. The molecule has 1 aliphatic heterocycles. The van der Waals surface area contributed by atoms with E-state index >= 15 is 0 Å². The van der Waals surface area contributed by atoms with Crippen molar-refractivity contribution in [1.29, 1.82) is 0 Å². The molecule has 28 heavy (non-hydrogen) atoms. The summed E-state index contributed by atoms with van der Waals surface area (Å²) in [5.74, 6) is -0.201. The Morgan fingerprint density at radius 1 is 1.21 bits per heavy atom. The van der Waals surface area contributed by atoms with Crippen molar-refractivity contribution < 1.29 is 9.53 Å². The van der Waals surface area contributed by atoms with Gasteiger partial charge in [-0.05, 0) is 62.9 Å². The van der Waals surface area contributed by atoms with Crippen LogP contribution in [0.1, 0.15) is 45.6 Å². The van der Waals surface area contributed by atoms with Gasteiger partial charge in [-0.15, -0.1) is 0 Å². The SMILES string of the molecule is Cc1cc(C)c(CNC(=O)c2cc(Br)cc(NC3CCOCC3)c2C)c(=O)[nH]1. The zero-order valence-electron chi connectivity index (χ0n) is 16.4. The number of aromatic amines is 1. The number of H-pyrrole nitrogens is 1. The van der Waals surface area contributed by atoms with Crippen LogP contribution in [0.5, 0.6) is 0 Å². The van der Waals surface area contributed by atoms with Gasteiger partial charge >= 0.3 is 0 Å². The van der Waals surface area contributed by atoms with E-state index in [0.717, 1.165) is 53.0 Å². The van der Waals surface area contributed by atoms with Crippen molar-refractivity contribution in [2.45, 2.75) is 46.2 Å². The summed E-state index contributed by atoms with van der Waals surface area (Å²) in [7, 11) is 0. The number of nitrogens with one attached hydrogen (secondary N) is 3. The summed E-state index contributed by atoms with van der Waals surface area (Å²) in [6.07, 6.45) is 1.89. The van der Waals surface area contributed by atoms with Crippen LogP contribution in [0, 0.1) is 20.8 Å². The maximum Gasteiger partial charge on any atom is 0.253 e. The van der Waals surface area contributed by atoms with E-state index in [0.29, 0.717) is 17.2 Å². The first-order chi connectivity index (χ1) is 13.3. The Bertz CT molecular complexity index is 933. The van der Waals surface area contributed by atoms with Gasteiger partial charge in [0.05, 0.1) is 0 Å². The lowest BCUT2D eigenvalue weighted by atomic mass is 10.0. The van der Waals surface area contributed by atoms with Gasteiger partial charge in [0.25, 0.3) is 11.5 Å². The predicted octanol–water partition coefficient (Wildman–Crippen LogP) is 3.58. The number of hydrogen-bond donors (Lipinski definition) is 3. The molecule has 6 nitrogen and oxygen atoms in total. The molecule has 2 aromatic rings. The van der Waals surface area contributed by atoms with E-state index in [9.17, 15) is 9.59 Å². The van der Waals surface area contributed by atoms with Gasteiger partial charge in [-0.2, -0.15) is 0 Å². The van der Waals surface area contributed by atoms with E-state index in [4.69, 9.17) is 4.74 Å². The Morgan fingerprint density at radius 2 is 1.93 bits per heavy atom. The summed E-state index contributed by atoms with van der Waals surface area (Å²) in [4.78, 5) is 27.8. The number of benzene rings is 1. The van der Waals surface area contributed by atoms with Gasteiger partial charge in [-0.25, -0.2) is 0 Å². The highest BCUT2D eigenvalue weighted by Gasteiger charge is 2.18. The van der Waals surface area contributed by atoms with Crippen molar-refractivity contribution in [3.63, 3.8) is 0 Å². The summed E-state index contributed by atoms with van der Waals surface area (Å²) < 4.78 is 6.25. The molecule has 0 radical (unpaired) electrons. The number of amides is 1. The first kappa shape index (κ1) is 20.6. The quantitative estimate of drug-likeness (QED) is 0.653. The third-order valence-electron chi connectivity index (χ3n) is 5.12. The number of rotatable bonds is 5. The molecule has 3 N–H and O–H groups in total. The van der Waals surface area contributed by atoms with Gasteiger partial charge in [-0.1, -0.05) is 15.9 Å². The lowest BCUT2D eigenvalue weighted by Gasteiger charge is -2.25. The maximum atomic E-state index is 12.8. The van der Waals surface area contributed by atoms with Gasteiger partial charge in [0.1, 0.15) is 0 Å². The van der Waals surface area contributed by atoms with Crippen LogP contribution < -0.4 is 16.2 Å². The highest BCUT2D eigenvalue weighted by molar-refractivity contribution is 9.10. The number of halogens is 1. The van der Waals surface area contributed by atoms with Crippen LogP contribution in [0.4, 0.5) is 5.69 Å². The predicted molar refractivity (Wildman–Crippen MR) is 114 cm³/mol. The first-order valence-electron chi connectivity index (χ1n) is 9.47. The van der Waals surface area contributed by atoms with Gasteiger partial charge in [-0.3, -0.25) is 9.59 Å². The van der Waals surface area contributed by atoms with Crippen molar-refractivity contribution in [3.8, 4) is 0 Å². The second-order valence-corrected chi connectivity index (χ2v) is 8.20. The van der Waals surface area contributed by atoms with Crippen LogP contribution in [0.25, 0.3) is 0 Å². The van der Waals surface area contributed by atoms with E-state index in [1.165, 1.54) is 0 Å². The van der Waals surface area contributed by atoms with E-state index in [1.54, 1.807) is 0 Å². The molecule has 0 aliphatic carbocycles. The van der Waals surface area contributed by atoms with Crippen molar-refractivity contribution in [2.75, 3.05) is 18.5 Å². The zero-order chi connectivity index (χ0) is 20.3. The molecule has 1 fully saturated rings. The lowest BCUT2D eigenvalue weighted by molar-refractivity contribution is 0.0903. The van der Waals surface area contributed by atoms with Gasteiger partial charge < -0.3 is 20.4 Å². The molecule has 0 spiro atoms. The fourth-order valence-corrected chi connectivity index (χ4v) is 3.95. The molecule has 1 amide bonds. The molecule has 1 aliphatic rings. The summed E-state index contributed by atoms with van der Waals surface area (Å²) in [5, 5.41) is 6.43. The van der Waals surface area contributed by atoms with Crippen LogP contribution >= 0.6 is 15.9 Å². The molecule has 1 saturated heterocycles. The topological polar surface area (TPSA) is 83.2 Å². The van der Waals surface area contributed by atoms with Crippen LogP contribution in [-0.4, -0.2) is 30.1 Å². The molecule has 7 heteroatoms. The minimum atomic E-state index is -0.201. The van der Waals surface area contributed by atoms with Crippen LogP contribution in [0.3, 0.4) is 0 Å². The molecule has 2 heterocycles. The lowest BCUT2D eigenvalue weighted by Crippen LogP contribution is -2.30. The highest BCUT2D eigenvalue weighted by Crippen LogP contribution is 2.27. The van der Waals surface area contributed by atoms with Gasteiger partial charge in [0, 0.05) is 52.8 Å². The summed E-state index contributed by atoms with van der Waals surface area (Å²) in [6, 6.07) is 6.05. The Balaban J connectivity index is 1.77. The third-order valence-corrected chi connectivity index (χ3v) is 5.58. The standard InChI is InChI=1S/C21H26BrN3O3/c1-12-8-13(2)24-21(27)18(12)11-23-20(26)17-9-15(22)10-19(14(17)3)25-16-4-6-28-7-5-16/h8-10,16,25H,4-7,11H2,1-3H3,(H,23,26)(H,24,27). The molecular weight excluding hydrogens is 422 g/mol. The van der Waals surface area contributed by atoms with Crippen molar-refractivity contribution in [1.82, 2.24) is 10.3 Å². The number of hydrogen-bond acceptors (Lipinski definition) is 4. The van der Waals surface area contributed by atoms with Crippen LogP contribution in [0.2, 0.25) is 0 Å². The van der Waals surface area contributed by atoms with E-state index in [1.807, 2.05) is 39.0 Å². The number of pyridine rings is 1. The largest absolute Gasteiger partial charge is 0.382 e. The monoisotopic (exact) mass is 447 g/mol. The summed E-state index contributed by atoms with van der Waals surface area (Å²) >= 11 is 3.51. The minimum Gasteiger partial charge on any atom is -0.382 e. The van der Waals surface area contributed by atoms with Crippen molar-refractivity contribution in [3.05, 3.63) is 61.0 Å². The van der Waals surface area contributed by atoms with Crippen LogP contribution in [0.15, 0.2) is 27.5 Å². The number of ether oxygens (including phenoxy) is 1. The fourth-order valence-electron chi connectivity index (χ4n) is 3.49. The van der Waals surface area contributed by atoms with E-state index in [-0.39, 0.29) is 18.0 Å². The molecule has 0 saturated carbocycles. The number of aryl methyl sites for hydroxylation is 2. The average molecular weight is 448 g/mol. The molecular formula is C21H26BrN3O3. The zero-order valence-corrected chi connectivity index (χ0v) is 18.0. The number of carbonyl (C=O) groups excluding carboxylic acids is 1. The number of aromatic nitrogens is 1. The maximum absolute atomic E-state index is 12.8. The molecule has 150 valence electrons. The molecule has 1 aromatic carbocycles. The highest BCUT2D eigenvalue weighted by atomic mass is 79.9. The Labute approximate surface area is 173 Å². The number of anilines is 1.